The smallest absolute Gasteiger partial charge is 0.251 e. The van der Waals surface area contributed by atoms with Gasteiger partial charge in [-0.3, -0.25) is 9.59 Å². The SMILES string of the molecule is CCNC(=O)c1ccc(NC2CCCc3c2ccc(CC(=O)SCCC2CCSC2)c3N)cc1.COCC(C)CSC(=S)Cc1ccc2c(c1N)CCCC2Nc1cccc(S(C)(=O)=O)c1. The van der Waals surface area contributed by atoms with Crippen LogP contribution >= 0.6 is 47.5 Å². The fourth-order valence-corrected chi connectivity index (χ4v) is 13.0. The maximum atomic E-state index is 12.6. The molecule has 7 rings (SSSR count). The highest BCUT2D eigenvalue weighted by Gasteiger charge is 2.26. The van der Waals surface area contributed by atoms with Crippen LogP contribution in [0.15, 0.2) is 77.7 Å². The Kier molecular flexibility index (Phi) is 19.6. The lowest BCUT2D eigenvalue weighted by atomic mass is 9.84. The van der Waals surface area contributed by atoms with E-state index in [1.54, 1.807) is 37.1 Å². The first-order valence-electron chi connectivity index (χ1n) is 23.1. The maximum absolute atomic E-state index is 12.6. The molecule has 4 aromatic rings. The second kappa shape index (κ2) is 25.0. The standard InChI is InChI=1S/C27H35N3O2S2.C24H32N2O3S3/c1-2-29-27(32)19-6-9-21(10-7-19)30-24-5-3-4-23-22(24)11-8-20(26(23)28)16-25(31)34-15-13-18-12-14-33-17-18;1-16(14-29-2)15-31-23(30)12-17-10-11-20-21(24(17)25)8-5-9-22(20)26-18-6-4-7-19(13-18)32(3,27)28/h6-11,18,24,30H,2-5,12-17,28H2,1H3,(H,29,32);4,6-7,10-11,13,16,22,26H,5,8-9,12,14-15,25H2,1-3H3. The molecule has 0 aromatic heterocycles. The third-order valence-corrected chi connectivity index (χ3v) is 17.4. The molecule has 1 saturated heterocycles. The predicted molar refractivity (Wildman–Crippen MR) is 285 cm³/mol. The molecule has 0 bridgehead atoms. The second-order valence-electron chi connectivity index (χ2n) is 17.7. The first-order valence-corrected chi connectivity index (χ1v) is 28.6. The minimum Gasteiger partial charge on any atom is -0.398 e. The summed E-state index contributed by atoms with van der Waals surface area (Å²) in [5, 5.41) is 10.2. The number of benzene rings is 4. The van der Waals surface area contributed by atoms with Gasteiger partial charge in [0.2, 0.25) is 0 Å². The average Bonchev–Trinajstić information content (AvgIpc) is 3.82. The number of hydrogen-bond acceptors (Lipinski definition) is 13. The number of ether oxygens (including phenoxy) is 1. The highest BCUT2D eigenvalue weighted by molar-refractivity contribution is 8.23. The number of hydrogen-bond donors (Lipinski definition) is 5. The molecule has 0 spiro atoms. The lowest BCUT2D eigenvalue weighted by Crippen LogP contribution is -2.22. The lowest BCUT2D eigenvalue weighted by Gasteiger charge is -2.29. The lowest BCUT2D eigenvalue weighted by molar-refractivity contribution is -0.110. The summed E-state index contributed by atoms with van der Waals surface area (Å²) in [5.41, 5.74) is 24.1. The van der Waals surface area contributed by atoms with Crippen molar-refractivity contribution >= 4 is 95.3 Å². The van der Waals surface area contributed by atoms with Gasteiger partial charge in [-0.1, -0.05) is 61.2 Å². The van der Waals surface area contributed by atoms with Crippen molar-refractivity contribution in [1.29, 1.82) is 0 Å². The number of carbonyl (C=O) groups is 2. The van der Waals surface area contributed by atoms with Crippen LogP contribution < -0.4 is 27.4 Å². The second-order valence-corrected chi connectivity index (χ2v) is 23.8. The summed E-state index contributed by atoms with van der Waals surface area (Å²) in [6.45, 7) is 5.42. The molecule has 0 radical (unpaired) electrons. The van der Waals surface area contributed by atoms with Crippen LogP contribution in [0.3, 0.4) is 0 Å². The number of nitrogens with two attached hydrogens (primary N) is 2. The average molecular weight is 990 g/mol. The van der Waals surface area contributed by atoms with Gasteiger partial charge in [-0.15, -0.1) is 11.8 Å². The monoisotopic (exact) mass is 989 g/mol. The molecule has 1 heterocycles. The number of thioether (sulfide) groups is 3. The van der Waals surface area contributed by atoms with Crippen LogP contribution in [0.4, 0.5) is 22.7 Å². The molecule has 15 heteroatoms. The molecule has 3 aliphatic rings. The van der Waals surface area contributed by atoms with Crippen molar-refractivity contribution < 1.29 is 22.7 Å². The van der Waals surface area contributed by atoms with E-state index in [2.05, 4.69) is 41.1 Å². The molecule has 0 saturated carbocycles. The minimum absolute atomic E-state index is 0.0531. The fourth-order valence-electron chi connectivity index (χ4n) is 8.89. The Morgan fingerprint density at radius 1 is 0.864 bits per heavy atom. The Morgan fingerprint density at radius 3 is 2.09 bits per heavy atom. The van der Waals surface area contributed by atoms with Crippen LogP contribution in [0.25, 0.3) is 0 Å². The molecule has 1 aliphatic heterocycles. The molecule has 10 nitrogen and oxygen atoms in total. The maximum Gasteiger partial charge on any atom is 0.251 e. The molecule has 1 amide bonds. The predicted octanol–water partition coefficient (Wildman–Crippen LogP) is 10.5. The van der Waals surface area contributed by atoms with Crippen LogP contribution in [-0.4, -0.2) is 73.2 Å². The van der Waals surface area contributed by atoms with Crippen molar-refractivity contribution in [3.63, 3.8) is 0 Å². The van der Waals surface area contributed by atoms with E-state index in [9.17, 15) is 18.0 Å². The summed E-state index contributed by atoms with van der Waals surface area (Å²) in [4.78, 5) is 24.9. The van der Waals surface area contributed by atoms with Crippen LogP contribution in [-0.2, 0) is 45.1 Å². The summed E-state index contributed by atoms with van der Waals surface area (Å²) in [6, 6.07) is 23.3. The van der Waals surface area contributed by atoms with Crippen LogP contribution in [0.2, 0.25) is 0 Å². The van der Waals surface area contributed by atoms with Crippen molar-refractivity contribution in [2.45, 2.75) is 95.0 Å². The fraction of sp³-hybridized carbons (Fsp3) is 0.471. The number of anilines is 4. The van der Waals surface area contributed by atoms with Gasteiger partial charge in [0.05, 0.1) is 21.2 Å². The number of rotatable bonds is 18. The van der Waals surface area contributed by atoms with Gasteiger partial charge < -0.3 is 32.2 Å². The highest BCUT2D eigenvalue weighted by atomic mass is 32.2. The molecule has 4 aromatic carbocycles. The van der Waals surface area contributed by atoms with Gasteiger partial charge in [-0.25, -0.2) is 8.42 Å². The Labute approximate surface area is 411 Å². The Bertz CT molecular complexity index is 2410. The molecule has 2 aliphatic carbocycles. The largest absolute Gasteiger partial charge is 0.398 e. The topological polar surface area (TPSA) is 166 Å². The van der Waals surface area contributed by atoms with Crippen molar-refractivity contribution in [3.05, 3.63) is 112 Å². The number of carbonyl (C=O) groups excluding carboxylic acids is 2. The van der Waals surface area contributed by atoms with Gasteiger partial charge in [-0.05, 0) is 157 Å². The highest BCUT2D eigenvalue weighted by Crippen LogP contribution is 2.39. The van der Waals surface area contributed by atoms with Gasteiger partial charge in [0.25, 0.3) is 5.91 Å². The summed E-state index contributed by atoms with van der Waals surface area (Å²) in [6.07, 6.45) is 10.7. The zero-order valence-electron chi connectivity index (χ0n) is 38.8. The summed E-state index contributed by atoms with van der Waals surface area (Å²) in [7, 11) is -1.53. The molecule has 66 heavy (non-hydrogen) atoms. The molecular weight excluding hydrogens is 923 g/mol. The third-order valence-electron chi connectivity index (χ3n) is 12.4. The van der Waals surface area contributed by atoms with Crippen molar-refractivity contribution in [2.75, 3.05) is 71.6 Å². The van der Waals surface area contributed by atoms with Gasteiger partial charge in [0.15, 0.2) is 15.0 Å². The molecular formula is C51H67N5O5S5. The van der Waals surface area contributed by atoms with E-state index in [4.69, 9.17) is 28.4 Å². The number of fused-ring (bicyclic) bond motifs is 2. The number of sulfone groups is 1. The number of nitrogen functional groups attached to an aromatic ring is 2. The van der Waals surface area contributed by atoms with E-state index in [1.807, 2.05) is 55.1 Å². The zero-order valence-corrected chi connectivity index (χ0v) is 42.9. The third kappa shape index (κ3) is 14.6. The summed E-state index contributed by atoms with van der Waals surface area (Å²) >= 11 is 10.8. The van der Waals surface area contributed by atoms with Gasteiger partial charge >= 0.3 is 0 Å². The van der Waals surface area contributed by atoms with Crippen LogP contribution in [0.5, 0.6) is 0 Å². The van der Waals surface area contributed by atoms with E-state index >= 15 is 0 Å². The molecule has 4 atom stereocenters. The quantitative estimate of drug-likeness (QED) is 0.0473. The van der Waals surface area contributed by atoms with Crippen molar-refractivity contribution in [1.82, 2.24) is 5.32 Å². The molecule has 1 fully saturated rings. The number of nitrogens with one attached hydrogen (secondary N) is 3. The van der Waals surface area contributed by atoms with Crippen molar-refractivity contribution in [2.24, 2.45) is 11.8 Å². The Balaban J connectivity index is 0.000000219. The normalized spacial score (nSPS) is 18.2. The van der Waals surface area contributed by atoms with E-state index in [0.717, 1.165) is 107 Å². The zero-order chi connectivity index (χ0) is 47.2. The van der Waals surface area contributed by atoms with E-state index in [0.29, 0.717) is 35.8 Å². The number of thiocarbonyl (C=S) groups is 1. The van der Waals surface area contributed by atoms with E-state index in [1.165, 1.54) is 58.2 Å². The molecule has 7 N–H and O–H groups in total. The molecule has 356 valence electrons. The van der Waals surface area contributed by atoms with Crippen LogP contribution in [0.1, 0.15) is 108 Å². The molecule has 4 unspecified atom stereocenters. The Morgan fingerprint density at radius 2 is 1.50 bits per heavy atom. The number of methoxy groups -OCH3 is 1. The summed E-state index contributed by atoms with van der Waals surface area (Å²) in [5.74, 6) is 5.56. The van der Waals surface area contributed by atoms with Gasteiger partial charge in [0, 0.05) is 79.2 Å². The first-order chi connectivity index (χ1) is 31.7. The van der Waals surface area contributed by atoms with Gasteiger partial charge in [-0.2, -0.15) is 11.8 Å². The number of amides is 1. The van der Waals surface area contributed by atoms with Crippen LogP contribution in [0, 0.1) is 11.8 Å². The Hall–Kier alpha value is -3.73. The summed E-state index contributed by atoms with van der Waals surface area (Å²) < 4.78 is 29.9. The van der Waals surface area contributed by atoms with E-state index < -0.39 is 9.84 Å². The first kappa shape index (κ1) is 51.7. The van der Waals surface area contributed by atoms with E-state index in [-0.39, 0.29) is 23.1 Å². The minimum atomic E-state index is -3.25. The van der Waals surface area contributed by atoms with Gasteiger partial charge in [0.1, 0.15) is 0 Å². The van der Waals surface area contributed by atoms with Crippen molar-refractivity contribution in [3.8, 4) is 0 Å².